The van der Waals surface area contributed by atoms with Crippen molar-refractivity contribution in [1.29, 1.82) is 0 Å². The van der Waals surface area contributed by atoms with Crippen LogP contribution in [0.1, 0.15) is 65.3 Å². The summed E-state index contributed by atoms with van der Waals surface area (Å²) in [5, 5.41) is 0. The van der Waals surface area contributed by atoms with E-state index < -0.39 is 23.9 Å². The second-order valence-electron chi connectivity index (χ2n) is 12.2. The number of carbonyl (C=O) groups is 4. The molecule has 4 aromatic carbocycles. The first-order valence-electron chi connectivity index (χ1n) is 17.1. The van der Waals surface area contributed by atoms with Crippen LogP contribution in [0, 0.1) is 35.7 Å². The lowest BCUT2D eigenvalue weighted by molar-refractivity contribution is -0.134. The Hall–Kier alpha value is -8.12. The molecule has 4 aromatic rings. The van der Waals surface area contributed by atoms with E-state index in [0.717, 1.165) is 22.8 Å². The summed E-state index contributed by atoms with van der Waals surface area (Å²) >= 11 is 0. The number of hydrogen-bond donors (Lipinski definition) is 0. The van der Waals surface area contributed by atoms with Gasteiger partial charge in [0.25, 0.3) is 0 Å². The monoisotopic (exact) mass is 752 g/mol. The van der Waals surface area contributed by atoms with Gasteiger partial charge in [-0.15, -0.1) is 0 Å². The third-order valence-corrected chi connectivity index (χ3v) is 7.35. The lowest BCUT2D eigenvalue weighted by atomic mass is 10.0. The van der Waals surface area contributed by atoms with Crippen LogP contribution in [0.15, 0.2) is 140 Å². The highest BCUT2D eigenvalue weighted by Crippen LogP contribution is 2.28. The predicted molar refractivity (Wildman–Crippen MR) is 221 cm³/mol. The van der Waals surface area contributed by atoms with E-state index in [1.54, 1.807) is 55.5 Å². The molecule has 8 nitrogen and oxygen atoms in total. The van der Waals surface area contributed by atoms with E-state index in [9.17, 15) is 19.2 Å². The minimum Gasteiger partial charge on any atom is -0.431 e. The number of esters is 4. The molecule has 0 aliphatic rings. The Balaban J connectivity index is 1.62. The minimum atomic E-state index is -0.654. The van der Waals surface area contributed by atoms with E-state index in [-0.39, 0.29) is 22.5 Å². The van der Waals surface area contributed by atoms with Crippen LogP contribution in [0.25, 0.3) is 18.2 Å². The van der Waals surface area contributed by atoms with Crippen LogP contribution < -0.4 is 9.47 Å². The zero-order valence-corrected chi connectivity index (χ0v) is 31.6. The average Bonchev–Trinajstić information content (AvgIpc) is 3.20. The molecule has 0 heterocycles. The summed E-state index contributed by atoms with van der Waals surface area (Å²) in [6, 6.07) is 24.8. The molecule has 0 N–H and O–H groups in total. The second kappa shape index (κ2) is 20.4. The normalized spacial score (nSPS) is 10.0. The summed E-state index contributed by atoms with van der Waals surface area (Å²) < 4.78 is 20.9. The maximum atomic E-state index is 12.8. The third-order valence-electron chi connectivity index (χ3n) is 7.35. The molecule has 0 amide bonds. The molecule has 280 valence electrons. The molecule has 0 atom stereocenters. The van der Waals surface area contributed by atoms with E-state index >= 15 is 0 Å². The molecule has 0 fully saturated rings. The topological polar surface area (TPSA) is 105 Å². The highest BCUT2D eigenvalue weighted by molar-refractivity contribution is 5.90. The molecular weight excluding hydrogens is 717 g/mol. The van der Waals surface area contributed by atoms with E-state index in [2.05, 4.69) is 62.0 Å². The molecule has 0 radical (unpaired) electrons. The van der Waals surface area contributed by atoms with E-state index in [1.807, 2.05) is 48.6 Å². The Morgan fingerprint density at radius 3 is 1.63 bits per heavy atom. The summed E-state index contributed by atoms with van der Waals surface area (Å²) in [4.78, 5) is 47.9. The van der Waals surface area contributed by atoms with Crippen LogP contribution in [0.3, 0.4) is 0 Å². The Morgan fingerprint density at radius 1 is 0.561 bits per heavy atom. The molecule has 0 aliphatic carbocycles. The molecule has 0 aliphatic heterocycles. The highest BCUT2D eigenvalue weighted by Gasteiger charge is 2.14. The molecule has 0 spiro atoms. The molecule has 8 heteroatoms. The van der Waals surface area contributed by atoms with Crippen molar-refractivity contribution in [3.63, 3.8) is 0 Å². The summed E-state index contributed by atoms with van der Waals surface area (Å²) in [6.45, 7) is 18.8. The van der Waals surface area contributed by atoms with Gasteiger partial charge in [-0.3, -0.25) is 0 Å². The summed E-state index contributed by atoms with van der Waals surface area (Å²) in [7, 11) is 0. The van der Waals surface area contributed by atoms with Gasteiger partial charge in [-0.2, -0.15) is 0 Å². The van der Waals surface area contributed by atoms with Crippen molar-refractivity contribution in [3.8, 4) is 47.2 Å². The molecule has 0 bridgehead atoms. The van der Waals surface area contributed by atoms with Crippen molar-refractivity contribution in [2.75, 3.05) is 0 Å². The average molecular weight is 753 g/mol. The molecule has 57 heavy (non-hydrogen) atoms. The molecule has 0 aromatic heterocycles. The van der Waals surface area contributed by atoms with Crippen molar-refractivity contribution in [2.24, 2.45) is 0 Å². The lowest BCUT2D eigenvalue weighted by Crippen LogP contribution is -2.10. The summed E-state index contributed by atoms with van der Waals surface area (Å²) in [5.41, 5.74) is 5.82. The van der Waals surface area contributed by atoms with Gasteiger partial charge < -0.3 is 18.9 Å². The number of carbonyl (C=O) groups excluding carboxylic acids is 4. The summed E-state index contributed by atoms with van der Waals surface area (Å²) in [6.07, 6.45) is 9.90. The Bertz CT molecular complexity index is 2510. The first-order chi connectivity index (χ1) is 27.3. The number of benzene rings is 4. The SMILES string of the molecule is C=CC(=O)Oc1ccc(C#Cc2c(C=COC(=O)C(=C)C)cc(C=Cc3ccc(C#Cc4ccc(C#COC(=O)C(=C)C)cc4)cc3)cc2OC(=O)C(=C)C)cc1. The largest absolute Gasteiger partial charge is 0.431 e. The van der Waals surface area contributed by atoms with Crippen molar-refractivity contribution < 1.29 is 38.1 Å². The van der Waals surface area contributed by atoms with Crippen LogP contribution in [-0.4, -0.2) is 23.9 Å². The minimum absolute atomic E-state index is 0.150. The smallest absolute Gasteiger partial charge is 0.347 e. The zero-order chi connectivity index (χ0) is 41.3. The van der Waals surface area contributed by atoms with Crippen molar-refractivity contribution in [3.05, 3.63) is 185 Å². The van der Waals surface area contributed by atoms with Crippen LogP contribution in [0.2, 0.25) is 0 Å². The molecule has 0 saturated carbocycles. The van der Waals surface area contributed by atoms with Gasteiger partial charge in [0.2, 0.25) is 0 Å². The molecular formula is C49H36O8. The number of ether oxygens (including phenoxy) is 4. The first-order valence-corrected chi connectivity index (χ1v) is 17.1. The quantitative estimate of drug-likeness (QED) is 0.0396. The standard InChI is InChI=1S/C49H36O8/c1-8-46(50)56-43-24-21-39(22-25-43)23-26-44-42(28-30-55-48(52)34(4)5)31-41(32-45(44)57-49(53)35(6)7)20-19-38-13-11-36(12-14-38)9-10-37-15-17-40(18-16-37)27-29-54-47(51)33(2)3/h8,11-22,24-25,28,30-32H,1-2,4,6H2,3,5,7H3. The molecule has 0 saturated heterocycles. The van der Waals surface area contributed by atoms with Gasteiger partial charge in [0.05, 0.1) is 11.8 Å². The van der Waals surface area contributed by atoms with Crippen LogP contribution in [0.4, 0.5) is 0 Å². The molecule has 0 unspecified atom stereocenters. The molecule has 4 rings (SSSR count). The fourth-order valence-electron chi connectivity index (χ4n) is 4.33. The van der Waals surface area contributed by atoms with Gasteiger partial charge in [0.1, 0.15) is 17.6 Å². The Morgan fingerprint density at radius 2 is 1.07 bits per heavy atom. The number of rotatable bonds is 10. The number of hydrogen-bond acceptors (Lipinski definition) is 8. The van der Waals surface area contributed by atoms with Gasteiger partial charge in [-0.05, 0) is 122 Å². The van der Waals surface area contributed by atoms with Gasteiger partial charge in [0, 0.05) is 45.0 Å². The van der Waals surface area contributed by atoms with Crippen LogP contribution in [-0.2, 0) is 28.7 Å². The highest BCUT2D eigenvalue weighted by atomic mass is 16.5. The third kappa shape index (κ3) is 13.4. The van der Waals surface area contributed by atoms with Crippen molar-refractivity contribution >= 4 is 42.1 Å². The van der Waals surface area contributed by atoms with Gasteiger partial charge in [0.15, 0.2) is 0 Å². The van der Waals surface area contributed by atoms with E-state index in [1.165, 1.54) is 26.2 Å². The first kappa shape index (κ1) is 41.6. The van der Waals surface area contributed by atoms with Crippen molar-refractivity contribution in [2.45, 2.75) is 20.8 Å². The second-order valence-corrected chi connectivity index (χ2v) is 12.2. The summed E-state index contributed by atoms with van der Waals surface area (Å²) in [5.74, 6) is 13.2. The lowest BCUT2D eigenvalue weighted by Gasteiger charge is -2.11. The van der Waals surface area contributed by atoms with Crippen LogP contribution >= 0.6 is 0 Å². The fraction of sp³-hybridized carbons (Fsp3) is 0.0612. The Kier molecular flexibility index (Phi) is 14.9. The maximum absolute atomic E-state index is 12.8. The maximum Gasteiger partial charge on any atom is 0.347 e. The van der Waals surface area contributed by atoms with Crippen LogP contribution in [0.5, 0.6) is 11.5 Å². The van der Waals surface area contributed by atoms with E-state index in [0.29, 0.717) is 33.6 Å². The predicted octanol–water partition coefficient (Wildman–Crippen LogP) is 8.75. The van der Waals surface area contributed by atoms with Gasteiger partial charge in [-0.25, -0.2) is 19.2 Å². The van der Waals surface area contributed by atoms with Gasteiger partial charge in [-0.1, -0.05) is 74.3 Å². The van der Waals surface area contributed by atoms with Gasteiger partial charge >= 0.3 is 23.9 Å². The fourth-order valence-corrected chi connectivity index (χ4v) is 4.33. The van der Waals surface area contributed by atoms with E-state index in [4.69, 9.17) is 18.9 Å². The zero-order valence-electron chi connectivity index (χ0n) is 31.6. The van der Waals surface area contributed by atoms with Crippen molar-refractivity contribution in [1.82, 2.24) is 0 Å². The Labute approximate surface area is 332 Å².